The quantitative estimate of drug-likeness (QED) is 0.741. The molecule has 1 atom stereocenters. The van der Waals surface area contributed by atoms with E-state index in [1.807, 2.05) is 52.8 Å². The Labute approximate surface area is 138 Å². The number of nitrogens with one attached hydrogen (secondary N) is 1. The first-order chi connectivity index (χ1) is 11.3. The van der Waals surface area contributed by atoms with Crippen LogP contribution in [0.25, 0.3) is 17.1 Å². The Bertz CT molecular complexity index is 817. The van der Waals surface area contributed by atoms with Gasteiger partial charge in [-0.2, -0.15) is 0 Å². The number of nitrogens with zero attached hydrogens (tertiary/aromatic N) is 2. The molecule has 2 aromatic heterocycles. The van der Waals surface area contributed by atoms with E-state index < -0.39 is 0 Å². The Morgan fingerprint density at radius 2 is 2.22 bits per heavy atom. The number of aromatic nitrogens is 2. The number of carbonyl (C=O) groups is 1. The van der Waals surface area contributed by atoms with Gasteiger partial charge >= 0.3 is 0 Å². The van der Waals surface area contributed by atoms with Crippen molar-refractivity contribution in [3.63, 3.8) is 0 Å². The fourth-order valence-electron chi connectivity index (χ4n) is 3.08. The van der Waals surface area contributed by atoms with Crippen LogP contribution in [0.1, 0.15) is 29.6 Å². The highest BCUT2D eigenvalue weighted by atomic mass is 32.1. The van der Waals surface area contributed by atoms with Gasteiger partial charge in [0.15, 0.2) is 0 Å². The number of likely N-dealkylation sites (tertiary alicyclic amines) is 1. The summed E-state index contributed by atoms with van der Waals surface area (Å²) in [6, 6.07) is 12.0. The van der Waals surface area contributed by atoms with Crippen LogP contribution < -0.4 is 0 Å². The lowest BCUT2D eigenvalue weighted by Crippen LogP contribution is -2.29. The van der Waals surface area contributed by atoms with Gasteiger partial charge in [-0.15, -0.1) is 11.3 Å². The molecule has 1 amide bonds. The van der Waals surface area contributed by atoms with Gasteiger partial charge in [-0.25, -0.2) is 4.98 Å². The van der Waals surface area contributed by atoms with Crippen LogP contribution in [0.2, 0.25) is 0 Å². The summed E-state index contributed by atoms with van der Waals surface area (Å²) in [5.74, 6) is 0.947. The molecular formula is C18H17N3OS. The molecule has 0 radical (unpaired) electrons. The molecule has 3 heterocycles. The van der Waals surface area contributed by atoms with Crippen molar-refractivity contribution in [1.29, 1.82) is 0 Å². The molecule has 23 heavy (non-hydrogen) atoms. The molecule has 1 aromatic carbocycles. The van der Waals surface area contributed by atoms with Crippen LogP contribution in [0, 0.1) is 0 Å². The molecule has 5 heteroatoms. The first kappa shape index (κ1) is 14.2. The largest absolute Gasteiger partial charge is 0.340 e. The Kier molecular flexibility index (Phi) is 3.71. The van der Waals surface area contributed by atoms with Gasteiger partial charge in [0, 0.05) is 17.5 Å². The van der Waals surface area contributed by atoms with Crippen molar-refractivity contribution in [3.05, 3.63) is 58.6 Å². The summed E-state index contributed by atoms with van der Waals surface area (Å²) in [6.45, 7) is 0.787. The highest BCUT2D eigenvalue weighted by Crippen LogP contribution is 2.31. The average molecular weight is 323 g/mol. The molecule has 1 N–H and O–H groups in total. The zero-order chi connectivity index (χ0) is 15.6. The monoisotopic (exact) mass is 323 g/mol. The number of imidazole rings is 1. The van der Waals surface area contributed by atoms with Crippen molar-refractivity contribution in [2.24, 2.45) is 0 Å². The molecule has 0 aliphatic carbocycles. The number of carbonyl (C=O) groups excluding carboxylic acids is 1. The summed E-state index contributed by atoms with van der Waals surface area (Å²) in [4.78, 5) is 23.6. The van der Waals surface area contributed by atoms with E-state index in [2.05, 4.69) is 9.97 Å². The number of amides is 1. The van der Waals surface area contributed by atoms with Gasteiger partial charge in [0.05, 0.1) is 17.1 Å². The highest BCUT2D eigenvalue weighted by Gasteiger charge is 2.30. The zero-order valence-electron chi connectivity index (χ0n) is 12.6. The molecule has 116 valence electrons. The molecule has 3 aromatic rings. The van der Waals surface area contributed by atoms with Crippen LogP contribution in [0.3, 0.4) is 0 Å². The maximum atomic E-state index is 12.5. The predicted octanol–water partition coefficient (Wildman–Crippen LogP) is 4.00. The van der Waals surface area contributed by atoms with Crippen molar-refractivity contribution in [2.45, 2.75) is 18.9 Å². The lowest BCUT2D eigenvalue weighted by molar-refractivity contribution is -0.126. The number of H-pyrrole nitrogens is 1. The van der Waals surface area contributed by atoms with Crippen LogP contribution in [0.5, 0.6) is 0 Å². The van der Waals surface area contributed by atoms with Crippen LogP contribution in [-0.4, -0.2) is 27.3 Å². The second-order valence-electron chi connectivity index (χ2n) is 5.68. The van der Waals surface area contributed by atoms with E-state index in [0.717, 1.165) is 41.1 Å². The number of hydrogen-bond donors (Lipinski definition) is 1. The number of para-hydroxylation sites is 2. The number of hydrogen-bond acceptors (Lipinski definition) is 3. The smallest absolute Gasteiger partial charge is 0.247 e. The van der Waals surface area contributed by atoms with Crippen LogP contribution in [0.15, 0.2) is 47.9 Å². The van der Waals surface area contributed by atoms with Crippen LogP contribution in [0.4, 0.5) is 0 Å². The molecule has 0 unspecified atom stereocenters. The Morgan fingerprint density at radius 3 is 3.04 bits per heavy atom. The van der Waals surface area contributed by atoms with Gasteiger partial charge in [0.2, 0.25) is 5.91 Å². The summed E-state index contributed by atoms with van der Waals surface area (Å²) in [5.41, 5.74) is 1.98. The number of fused-ring (bicyclic) bond motifs is 1. The second kappa shape index (κ2) is 6.01. The van der Waals surface area contributed by atoms with E-state index in [0.29, 0.717) is 0 Å². The van der Waals surface area contributed by atoms with E-state index in [9.17, 15) is 4.79 Å². The summed E-state index contributed by atoms with van der Waals surface area (Å²) in [6.07, 6.45) is 5.53. The molecule has 4 rings (SSSR count). The van der Waals surface area contributed by atoms with Crippen LogP contribution in [-0.2, 0) is 4.79 Å². The first-order valence-electron chi connectivity index (χ1n) is 7.78. The number of benzene rings is 1. The maximum Gasteiger partial charge on any atom is 0.247 e. The van der Waals surface area contributed by atoms with Crippen molar-refractivity contribution in [1.82, 2.24) is 14.9 Å². The number of thiophene rings is 1. The standard InChI is InChI=1S/C18H17N3OS/c22-17(10-9-13-5-4-12-23-13)21-11-3-8-16(21)18-19-14-6-1-2-7-15(14)20-18/h1-2,4-7,9-10,12,16H,3,8,11H2,(H,19,20)/b10-9+/t16-/m0/s1. The number of aromatic amines is 1. The minimum atomic E-state index is 0.0443. The lowest BCUT2D eigenvalue weighted by atomic mass is 10.2. The maximum absolute atomic E-state index is 12.5. The average Bonchev–Trinajstić information content (AvgIpc) is 3.31. The fourth-order valence-corrected chi connectivity index (χ4v) is 3.70. The van der Waals surface area contributed by atoms with Crippen molar-refractivity contribution >= 4 is 34.4 Å². The van der Waals surface area contributed by atoms with Gasteiger partial charge in [-0.3, -0.25) is 4.79 Å². The molecule has 0 bridgehead atoms. The van der Waals surface area contributed by atoms with E-state index in [-0.39, 0.29) is 11.9 Å². The Hall–Kier alpha value is -2.40. The van der Waals surface area contributed by atoms with Gasteiger partial charge in [-0.05, 0) is 42.5 Å². The second-order valence-corrected chi connectivity index (χ2v) is 6.66. The molecular weight excluding hydrogens is 306 g/mol. The van der Waals surface area contributed by atoms with E-state index in [4.69, 9.17) is 0 Å². The van der Waals surface area contributed by atoms with Crippen molar-refractivity contribution in [3.8, 4) is 0 Å². The minimum absolute atomic E-state index is 0.0443. The molecule has 1 saturated heterocycles. The molecule has 4 nitrogen and oxygen atoms in total. The lowest BCUT2D eigenvalue weighted by Gasteiger charge is -2.21. The minimum Gasteiger partial charge on any atom is -0.340 e. The molecule has 0 spiro atoms. The molecule has 1 aliphatic heterocycles. The van der Waals surface area contributed by atoms with Crippen molar-refractivity contribution < 1.29 is 4.79 Å². The van der Waals surface area contributed by atoms with E-state index in [1.165, 1.54) is 0 Å². The first-order valence-corrected chi connectivity index (χ1v) is 8.66. The Morgan fingerprint density at radius 1 is 1.30 bits per heavy atom. The summed E-state index contributed by atoms with van der Waals surface area (Å²) >= 11 is 1.63. The zero-order valence-corrected chi connectivity index (χ0v) is 13.4. The van der Waals surface area contributed by atoms with Gasteiger partial charge in [0.25, 0.3) is 0 Å². The fraction of sp³-hybridized carbons (Fsp3) is 0.222. The SMILES string of the molecule is O=C(/C=C/c1cccs1)N1CCC[C@H]1c1nc2ccccc2[nH]1. The normalized spacial score (nSPS) is 18.3. The molecule has 0 saturated carbocycles. The van der Waals surface area contributed by atoms with Gasteiger partial charge < -0.3 is 9.88 Å². The van der Waals surface area contributed by atoms with Gasteiger partial charge in [0.1, 0.15) is 5.82 Å². The molecule has 1 aliphatic rings. The summed E-state index contributed by atoms with van der Waals surface area (Å²) in [5, 5.41) is 2.01. The third kappa shape index (κ3) is 2.80. The summed E-state index contributed by atoms with van der Waals surface area (Å²) < 4.78 is 0. The Balaban J connectivity index is 1.57. The van der Waals surface area contributed by atoms with Crippen molar-refractivity contribution in [2.75, 3.05) is 6.54 Å². The summed E-state index contributed by atoms with van der Waals surface area (Å²) in [7, 11) is 0. The predicted molar refractivity (Wildman–Crippen MR) is 93.1 cm³/mol. The topological polar surface area (TPSA) is 49.0 Å². The third-order valence-electron chi connectivity index (χ3n) is 4.19. The number of rotatable bonds is 3. The van der Waals surface area contributed by atoms with E-state index in [1.54, 1.807) is 17.4 Å². The third-order valence-corrected chi connectivity index (χ3v) is 5.03. The van der Waals surface area contributed by atoms with Crippen LogP contribution >= 0.6 is 11.3 Å². The van der Waals surface area contributed by atoms with Gasteiger partial charge in [-0.1, -0.05) is 18.2 Å². The molecule has 1 fully saturated rings. The van der Waals surface area contributed by atoms with E-state index >= 15 is 0 Å². The highest BCUT2D eigenvalue weighted by molar-refractivity contribution is 7.10.